The quantitative estimate of drug-likeness (QED) is 0.855. The highest BCUT2D eigenvalue weighted by molar-refractivity contribution is 7.89. The monoisotopic (exact) mass is 320 g/mol. The van der Waals surface area contributed by atoms with Crippen LogP contribution < -0.4 is 9.62 Å². The van der Waals surface area contributed by atoms with Gasteiger partial charge in [-0.3, -0.25) is 4.79 Å². The number of hydrogen-bond donors (Lipinski definition) is 2. The van der Waals surface area contributed by atoms with E-state index in [2.05, 4.69) is 14.7 Å². The highest BCUT2D eigenvalue weighted by atomic mass is 32.2. The third kappa shape index (κ3) is 2.62. The van der Waals surface area contributed by atoms with Crippen LogP contribution in [0.25, 0.3) is 0 Å². The second kappa shape index (κ2) is 5.54. The largest absolute Gasteiger partial charge is 0.348 e. The van der Waals surface area contributed by atoms with Gasteiger partial charge in [0.1, 0.15) is 5.82 Å². The molecular weight excluding hydrogens is 304 g/mol. The molecule has 0 aliphatic carbocycles. The molecule has 0 spiro atoms. The van der Waals surface area contributed by atoms with Gasteiger partial charge < -0.3 is 9.88 Å². The first-order valence-electron chi connectivity index (χ1n) is 6.86. The van der Waals surface area contributed by atoms with Gasteiger partial charge in [-0.25, -0.2) is 18.1 Å². The molecular formula is C14H16N4O3S. The summed E-state index contributed by atoms with van der Waals surface area (Å²) in [4.78, 5) is 21.2. The second-order valence-electron chi connectivity index (χ2n) is 5.01. The summed E-state index contributed by atoms with van der Waals surface area (Å²) in [6.07, 6.45) is 4.13. The minimum Gasteiger partial charge on any atom is -0.348 e. The predicted molar refractivity (Wildman–Crippen MR) is 81.0 cm³/mol. The number of hydrogen-bond acceptors (Lipinski definition) is 4. The average molecular weight is 320 g/mol. The van der Waals surface area contributed by atoms with E-state index in [1.54, 1.807) is 29.4 Å². The van der Waals surface area contributed by atoms with Crippen LogP contribution in [-0.2, 0) is 27.7 Å². The highest BCUT2D eigenvalue weighted by Crippen LogP contribution is 2.30. The first-order chi connectivity index (χ1) is 10.5. The van der Waals surface area contributed by atoms with Crippen LogP contribution in [-0.4, -0.2) is 37.9 Å². The summed E-state index contributed by atoms with van der Waals surface area (Å²) in [6.45, 7) is 0.554. The maximum atomic E-state index is 12.3. The number of rotatable bonds is 4. The minimum absolute atomic E-state index is 0.0575. The fourth-order valence-electron chi connectivity index (χ4n) is 2.56. The van der Waals surface area contributed by atoms with Crippen molar-refractivity contribution in [3.05, 3.63) is 42.0 Å². The van der Waals surface area contributed by atoms with Gasteiger partial charge in [0.15, 0.2) is 0 Å². The summed E-state index contributed by atoms with van der Waals surface area (Å²) < 4.78 is 25.9. The van der Waals surface area contributed by atoms with Crippen molar-refractivity contribution in [3.8, 4) is 0 Å². The van der Waals surface area contributed by atoms with Crippen molar-refractivity contribution < 1.29 is 13.2 Å². The molecule has 1 aromatic heterocycles. The van der Waals surface area contributed by atoms with Gasteiger partial charge in [-0.2, -0.15) is 0 Å². The number of amides is 1. The minimum atomic E-state index is -3.47. The van der Waals surface area contributed by atoms with E-state index in [0.29, 0.717) is 18.8 Å². The lowest BCUT2D eigenvalue weighted by Gasteiger charge is -2.17. The van der Waals surface area contributed by atoms with E-state index in [4.69, 9.17) is 0 Å². The first-order valence-corrected chi connectivity index (χ1v) is 8.34. The third-order valence-electron chi connectivity index (χ3n) is 3.70. The van der Waals surface area contributed by atoms with E-state index in [9.17, 15) is 13.2 Å². The first kappa shape index (κ1) is 14.7. The highest BCUT2D eigenvalue weighted by Gasteiger charge is 2.26. The Kier molecular flexibility index (Phi) is 3.71. The lowest BCUT2D eigenvalue weighted by molar-refractivity contribution is -0.118. The van der Waals surface area contributed by atoms with Crippen LogP contribution in [0.4, 0.5) is 5.69 Å². The molecule has 1 aliphatic rings. The number of benzene rings is 1. The molecule has 0 saturated carbocycles. The number of H-pyrrole nitrogens is 1. The number of anilines is 1. The Morgan fingerprint density at radius 3 is 2.95 bits per heavy atom. The molecule has 0 unspecified atom stereocenters. The van der Waals surface area contributed by atoms with Crippen LogP contribution >= 0.6 is 0 Å². The number of carbonyl (C=O) groups is 1. The van der Waals surface area contributed by atoms with Crippen LogP contribution in [0.3, 0.4) is 0 Å². The van der Waals surface area contributed by atoms with Crippen molar-refractivity contribution in [1.82, 2.24) is 14.7 Å². The van der Waals surface area contributed by atoms with Crippen molar-refractivity contribution >= 4 is 21.6 Å². The van der Waals surface area contributed by atoms with Gasteiger partial charge >= 0.3 is 0 Å². The number of aromatic nitrogens is 2. The van der Waals surface area contributed by atoms with E-state index >= 15 is 0 Å². The molecule has 0 radical (unpaired) electrons. The summed E-state index contributed by atoms with van der Waals surface area (Å²) in [5, 5.41) is 0. The third-order valence-corrected chi connectivity index (χ3v) is 5.11. The SMILES string of the molecule is CNS(=O)(=O)c1ccc2c(c1)CCN2C(=O)Cc1ncc[nH]1. The van der Waals surface area contributed by atoms with Crippen molar-refractivity contribution in [2.24, 2.45) is 0 Å². The Bertz CT molecular complexity index is 800. The van der Waals surface area contributed by atoms with Crippen molar-refractivity contribution in [3.63, 3.8) is 0 Å². The fraction of sp³-hybridized carbons (Fsp3) is 0.286. The maximum Gasteiger partial charge on any atom is 0.240 e. The van der Waals surface area contributed by atoms with Gasteiger partial charge in [0.2, 0.25) is 15.9 Å². The van der Waals surface area contributed by atoms with E-state index < -0.39 is 10.0 Å². The zero-order valence-electron chi connectivity index (χ0n) is 12.0. The van der Waals surface area contributed by atoms with Crippen molar-refractivity contribution in [1.29, 1.82) is 0 Å². The van der Waals surface area contributed by atoms with Crippen molar-refractivity contribution in [2.45, 2.75) is 17.7 Å². The summed E-state index contributed by atoms with van der Waals surface area (Å²) in [5.74, 6) is 0.561. The molecule has 0 bridgehead atoms. The number of nitrogens with one attached hydrogen (secondary N) is 2. The lowest BCUT2D eigenvalue weighted by Crippen LogP contribution is -2.30. The molecule has 2 heterocycles. The summed E-state index contributed by atoms with van der Waals surface area (Å²) >= 11 is 0. The number of fused-ring (bicyclic) bond motifs is 1. The zero-order valence-corrected chi connectivity index (χ0v) is 12.9. The average Bonchev–Trinajstić information content (AvgIpc) is 3.15. The lowest BCUT2D eigenvalue weighted by atomic mass is 10.2. The van der Waals surface area contributed by atoms with E-state index in [0.717, 1.165) is 11.3 Å². The Morgan fingerprint density at radius 1 is 1.45 bits per heavy atom. The standard InChI is InChI=1S/C14H16N4O3S/c1-15-22(20,21)11-2-3-12-10(8-11)4-7-18(12)14(19)9-13-16-5-6-17-13/h2-3,5-6,8,15H,4,7,9H2,1H3,(H,16,17). The topological polar surface area (TPSA) is 95.2 Å². The van der Waals surface area contributed by atoms with Crippen LogP contribution in [0, 0.1) is 0 Å². The smallest absolute Gasteiger partial charge is 0.240 e. The normalized spacial score (nSPS) is 14.1. The van der Waals surface area contributed by atoms with Crippen LogP contribution in [0.5, 0.6) is 0 Å². The molecule has 116 valence electrons. The number of imidazole rings is 1. The number of carbonyl (C=O) groups excluding carboxylic acids is 1. The number of nitrogens with zero attached hydrogens (tertiary/aromatic N) is 2. The number of sulfonamides is 1. The Labute approximate surface area is 128 Å². The van der Waals surface area contributed by atoms with E-state index in [1.165, 1.54) is 13.1 Å². The number of aromatic amines is 1. The van der Waals surface area contributed by atoms with Gasteiger partial charge in [-0.05, 0) is 37.2 Å². The molecule has 8 heteroatoms. The fourth-order valence-corrected chi connectivity index (χ4v) is 3.34. The molecule has 2 N–H and O–H groups in total. The second-order valence-corrected chi connectivity index (χ2v) is 6.89. The zero-order chi connectivity index (χ0) is 15.7. The predicted octanol–water partition coefficient (Wildman–Crippen LogP) is 0.450. The van der Waals surface area contributed by atoms with Gasteiger partial charge in [-0.1, -0.05) is 0 Å². The molecule has 3 rings (SSSR count). The molecule has 22 heavy (non-hydrogen) atoms. The van der Waals surface area contributed by atoms with E-state index in [-0.39, 0.29) is 17.2 Å². The molecule has 1 amide bonds. The molecule has 1 aromatic carbocycles. The van der Waals surface area contributed by atoms with Crippen LogP contribution in [0.1, 0.15) is 11.4 Å². The Hall–Kier alpha value is -2.19. The molecule has 0 fully saturated rings. The molecule has 0 atom stereocenters. The molecule has 7 nitrogen and oxygen atoms in total. The summed E-state index contributed by atoms with van der Waals surface area (Å²) in [6, 6.07) is 4.83. The van der Waals surface area contributed by atoms with Gasteiger partial charge in [0.25, 0.3) is 0 Å². The Balaban J connectivity index is 1.85. The van der Waals surface area contributed by atoms with Crippen LogP contribution in [0.15, 0.2) is 35.5 Å². The summed E-state index contributed by atoms with van der Waals surface area (Å²) in [5.41, 5.74) is 1.63. The van der Waals surface area contributed by atoms with Gasteiger partial charge in [-0.15, -0.1) is 0 Å². The Morgan fingerprint density at radius 2 is 2.27 bits per heavy atom. The molecule has 0 saturated heterocycles. The van der Waals surface area contributed by atoms with Gasteiger partial charge in [0.05, 0.1) is 11.3 Å². The molecule has 1 aliphatic heterocycles. The summed E-state index contributed by atoms with van der Waals surface area (Å²) in [7, 11) is -2.09. The van der Waals surface area contributed by atoms with Crippen molar-refractivity contribution in [2.75, 3.05) is 18.5 Å². The van der Waals surface area contributed by atoms with Crippen LogP contribution in [0.2, 0.25) is 0 Å². The molecule has 2 aromatic rings. The van der Waals surface area contributed by atoms with Gasteiger partial charge in [0, 0.05) is 24.6 Å². The maximum absolute atomic E-state index is 12.3. The van der Waals surface area contributed by atoms with E-state index in [1.807, 2.05) is 0 Å².